The first-order chi connectivity index (χ1) is 9.58. The Labute approximate surface area is 117 Å². The van der Waals surface area contributed by atoms with Gasteiger partial charge < -0.3 is 20.7 Å². The summed E-state index contributed by atoms with van der Waals surface area (Å²) in [6.45, 7) is 0.781. The maximum atomic E-state index is 11.7. The van der Waals surface area contributed by atoms with Crippen LogP contribution in [0.3, 0.4) is 0 Å². The van der Waals surface area contributed by atoms with Gasteiger partial charge in [-0.15, -0.1) is 10.2 Å². The van der Waals surface area contributed by atoms with Gasteiger partial charge in [-0.3, -0.25) is 4.79 Å². The van der Waals surface area contributed by atoms with Gasteiger partial charge in [0, 0.05) is 32.7 Å². The summed E-state index contributed by atoms with van der Waals surface area (Å²) in [4.78, 5) is 13.2. The van der Waals surface area contributed by atoms with Crippen molar-refractivity contribution in [3.05, 3.63) is 17.8 Å². The summed E-state index contributed by atoms with van der Waals surface area (Å²) in [6.07, 6.45) is 1.21. The molecule has 0 spiro atoms. The number of rotatable bonds is 3. The predicted octanol–water partition coefficient (Wildman–Crippen LogP) is -0.295. The fourth-order valence-electron chi connectivity index (χ4n) is 2.85. The number of carbonyl (C=O) groups is 1. The minimum Gasteiger partial charge on any atom is -0.376 e. The Morgan fingerprint density at radius 1 is 1.45 bits per heavy atom. The lowest BCUT2D eigenvalue weighted by Crippen LogP contribution is -2.65. The van der Waals surface area contributed by atoms with E-state index in [9.17, 15) is 4.79 Å². The smallest absolute Gasteiger partial charge is 0.273 e. The van der Waals surface area contributed by atoms with Crippen LogP contribution in [-0.4, -0.2) is 59.9 Å². The zero-order valence-electron chi connectivity index (χ0n) is 11.6. The molecule has 1 aromatic heterocycles. The summed E-state index contributed by atoms with van der Waals surface area (Å²) in [7, 11) is 3.36. The average Bonchev–Trinajstić information content (AvgIpc) is 2.89. The van der Waals surface area contributed by atoms with Crippen molar-refractivity contribution >= 4 is 11.7 Å². The van der Waals surface area contributed by atoms with E-state index in [-0.39, 0.29) is 24.1 Å². The fraction of sp³-hybridized carbons (Fsp3) is 0.615. The molecule has 1 saturated heterocycles. The van der Waals surface area contributed by atoms with E-state index in [4.69, 9.17) is 10.5 Å². The number of nitrogens with two attached hydrogens (primary N) is 1. The molecule has 0 bridgehead atoms. The first-order valence-electron chi connectivity index (χ1n) is 6.77. The minimum absolute atomic E-state index is 0.0761. The molecule has 0 aromatic carbocycles. The van der Waals surface area contributed by atoms with Crippen molar-refractivity contribution in [2.45, 2.75) is 24.6 Å². The van der Waals surface area contributed by atoms with Gasteiger partial charge in [0.25, 0.3) is 5.91 Å². The van der Waals surface area contributed by atoms with E-state index in [1.54, 1.807) is 26.2 Å². The number of anilines is 1. The van der Waals surface area contributed by atoms with Crippen molar-refractivity contribution in [2.75, 3.05) is 26.0 Å². The zero-order valence-corrected chi connectivity index (χ0v) is 11.6. The number of fused-ring (bicyclic) bond motifs is 1. The van der Waals surface area contributed by atoms with Crippen LogP contribution in [0.5, 0.6) is 0 Å². The van der Waals surface area contributed by atoms with Crippen LogP contribution < -0.4 is 11.1 Å². The molecule has 3 N–H and O–H groups in total. The molecular weight excluding hydrogens is 258 g/mol. The largest absolute Gasteiger partial charge is 0.376 e. The first-order valence-corrected chi connectivity index (χ1v) is 6.77. The van der Waals surface area contributed by atoms with E-state index in [2.05, 4.69) is 15.5 Å². The molecule has 4 atom stereocenters. The second-order valence-corrected chi connectivity index (χ2v) is 5.54. The molecule has 1 aliphatic heterocycles. The summed E-state index contributed by atoms with van der Waals surface area (Å²) in [5.41, 5.74) is 6.45. The maximum Gasteiger partial charge on any atom is 0.273 e. The molecule has 2 fully saturated rings. The van der Waals surface area contributed by atoms with Crippen molar-refractivity contribution in [3.8, 4) is 0 Å². The van der Waals surface area contributed by atoms with Gasteiger partial charge in [0.15, 0.2) is 5.69 Å². The molecule has 3 rings (SSSR count). The van der Waals surface area contributed by atoms with Crippen LogP contribution in [0.1, 0.15) is 16.9 Å². The third-order valence-electron chi connectivity index (χ3n) is 4.05. The van der Waals surface area contributed by atoms with E-state index in [1.807, 2.05) is 0 Å². The van der Waals surface area contributed by atoms with Crippen LogP contribution in [-0.2, 0) is 4.74 Å². The van der Waals surface area contributed by atoms with E-state index < -0.39 is 0 Å². The summed E-state index contributed by atoms with van der Waals surface area (Å²) in [5, 5.41) is 11.2. The third kappa shape index (κ3) is 2.12. The number of nitrogens with one attached hydrogen (secondary N) is 1. The molecule has 0 radical (unpaired) electrons. The van der Waals surface area contributed by atoms with E-state index >= 15 is 0 Å². The van der Waals surface area contributed by atoms with Gasteiger partial charge in [0.1, 0.15) is 5.82 Å². The van der Waals surface area contributed by atoms with Crippen LogP contribution >= 0.6 is 0 Å². The molecule has 1 amide bonds. The Morgan fingerprint density at radius 3 is 2.90 bits per heavy atom. The fourth-order valence-corrected chi connectivity index (χ4v) is 2.85. The van der Waals surface area contributed by atoms with Crippen molar-refractivity contribution in [1.82, 2.24) is 15.1 Å². The summed E-state index contributed by atoms with van der Waals surface area (Å²) < 4.78 is 5.65. The van der Waals surface area contributed by atoms with E-state index in [1.165, 1.54) is 4.90 Å². The molecule has 1 aliphatic carbocycles. The molecule has 1 aromatic rings. The molecule has 1 saturated carbocycles. The Bertz CT molecular complexity index is 504. The normalized spacial score (nSPS) is 31.4. The van der Waals surface area contributed by atoms with Crippen LogP contribution in [0.2, 0.25) is 0 Å². The van der Waals surface area contributed by atoms with Crippen molar-refractivity contribution < 1.29 is 9.53 Å². The lowest BCUT2D eigenvalue weighted by Gasteiger charge is -2.45. The number of ether oxygens (including phenoxy) is 1. The zero-order chi connectivity index (χ0) is 14.3. The highest BCUT2D eigenvalue weighted by Gasteiger charge is 2.52. The lowest BCUT2D eigenvalue weighted by atomic mass is 9.72. The number of hydrogen-bond acceptors (Lipinski definition) is 6. The Kier molecular flexibility index (Phi) is 3.31. The molecule has 108 valence electrons. The highest BCUT2D eigenvalue weighted by atomic mass is 16.5. The molecule has 20 heavy (non-hydrogen) atoms. The van der Waals surface area contributed by atoms with Gasteiger partial charge in [-0.05, 0) is 18.6 Å². The van der Waals surface area contributed by atoms with Gasteiger partial charge >= 0.3 is 0 Å². The number of carbonyl (C=O) groups excluding carboxylic acids is 1. The third-order valence-corrected chi connectivity index (χ3v) is 4.05. The highest BCUT2D eigenvalue weighted by molar-refractivity contribution is 5.91. The number of nitrogens with zero attached hydrogens (tertiary/aromatic N) is 3. The summed E-state index contributed by atoms with van der Waals surface area (Å²) >= 11 is 0. The minimum atomic E-state index is -0.163. The van der Waals surface area contributed by atoms with Crippen LogP contribution in [0.15, 0.2) is 12.1 Å². The molecule has 2 aliphatic rings. The molecule has 2 heterocycles. The summed E-state index contributed by atoms with van der Waals surface area (Å²) in [6, 6.07) is 3.58. The van der Waals surface area contributed by atoms with Crippen LogP contribution in [0.4, 0.5) is 5.82 Å². The van der Waals surface area contributed by atoms with Gasteiger partial charge in [0.2, 0.25) is 0 Å². The van der Waals surface area contributed by atoms with Gasteiger partial charge in [-0.2, -0.15) is 0 Å². The SMILES string of the molecule is CN(C)C(=O)c1ccc(NC2C(N)C3CCOC32)nn1. The average molecular weight is 277 g/mol. The topological polar surface area (TPSA) is 93.4 Å². The van der Waals surface area contributed by atoms with Crippen LogP contribution in [0, 0.1) is 5.92 Å². The predicted molar refractivity (Wildman–Crippen MR) is 73.3 cm³/mol. The maximum absolute atomic E-state index is 11.7. The number of hydrogen-bond donors (Lipinski definition) is 2. The molecule has 7 heteroatoms. The Hall–Kier alpha value is -1.73. The first kappa shape index (κ1) is 13.3. The van der Waals surface area contributed by atoms with Gasteiger partial charge in [0.05, 0.1) is 12.1 Å². The Morgan fingerprint density at radius 2 is 2.25 bits per heavy atom. The second-order valence-electron chi connectivity index (χ2n) is 5.54. The van der Waals surface area contributed by atoms with E-state index in [0.29, 0.717) is 17.4 Å². The quantitative estimate of drug-likeness (QED) is 0.788. The van der Waals surface area contributed by atoms with Gasteiger partial charge in [-0.1, -0.05) is 0 Å². The summed E-state index contributed by atoms with van der Waals surface area (Å²) in [5.74, 6) is 0.911. The van der Waals surface area contributed by atoms with Crippen molar-refractivity contribution in [3.63, 3.8) is 0 Å². The van der Waals surface area contributed by atoms with E-state index in [0.717, 1.165) is 13.0 Å². The van der Waals surface area contributed by atoms with Crippen molar-refractivity contribution in [2.24, 2.45) is 11.7 Å². The standard InChI is InChI=1S/C13H19N5O2/c1-18(2)13(19)8-3-4-9(17-16-8)15-11-10(14)7-5-6-20-12(7)11/h3-4,7,10-12H,5-6,14H2,1-2H3,(H,15,17). The molecule has 4 unspecified atom stereocenters. The number of amides is 1. The van der Waals surface area contributed by atoms with Gasteiger partial charge in [-0.25, -0.2) is 0 Å². The molecular formula is C13H19N5O2. The monoisotopic (exact) mass is 277 g/mol. The van der Waals surface area contributed by atoms with Crippen molar-refractivity contribution in [1.29, 1.82) is 0 Å². The highest BCUT2D eigenvalue weighted by Crippen LogP contribution is 2.39. The second kappa shape index (κ2) is 4.99. The number of aromatic nitrogens is 2. The van der Waals surface area contributed by atoms with Crippen LogP contribution in [0.25, 0.3) is 0 Å². The molecule has 7 nitrogen and oxygen atoms in total. The lowest BCUT2D eigenvalue weighted by molar-refractivity contribution is 0.00521. The Balaban J connectivity index is 1.65.